The highest BCUT2D eigenvalue weighted by Crippen LogP contribution is 2.04. The van der Waals surface area contributed by atoms with Gasteiger partial charge in [-0.1, -0.05) is 6.92 Å². The van der Waals surface area contributed by atoms with Crippen LogP contribution in [-0.2, 0) is 19.0 Å². The molecule has 0 spiro atoms. The van der Waals surface area contributed by atoms with E-state index in [0.717, 1.165) is 19.4 Å². The van der Waals surface area contributed by atoms with Gasteiger partial charge in [-0.25, -0.2) is 0 Å². The number of nitrogens with one attached hydrogen (secondary N) is 1. The second kappa shape index (κ2) is 11.2. The molecule has 0 aliphatic rings. The molecule has 0 heterocycles. The molecule has 114 valence electrons. The van der Waals surface area contributed by atoms with Gasteiger partial charge in [0, 0.05) is 20.3 Å². The first-order valence-corrected chi connectivity index (χ1v) is 6.76. The maximum absolute atomic E-state index is 11.4. The predicted molar refractivity (Wildman–Crippen MR) is 74.0 cm³/mol. The minimum absolute atomic E-state index is 0.254. The minimum Gasteiger partial charge on any atom is -0.385 e. The van der Waals surface area contributed by atoms with E-state index < -0.39 is 11.4 Å². The summed E-state index contributed by atoms with van der Waals surface area (Å²) >= 11 is 0. The average Bonchev–Trinajstić information content (AvgIpc) is 2.39. The van der Waals surface area contributed by atoms with Gasteiger partial charge in [0.05, 0.1) is 19.8 Å². The highest BCUT2D eigenvalue weighted by atomic mass is 16.5. The summed E-state index contributed by atoms with van der Waals surface area (Å²) in [6.07, 6.45) is 1.80. The van der Waals surface area contributed by atoms with E-state index in [1.807, 2.05) is 6.92 Å². The number of amides is 1. The lowest BCUT2D eigenvalue weighted by Gasteiger charge is -2.27. The van der Waals surface area contributed by atoms with Crippen molar-refractivity contribution >= 4 is 5.91 Å². The maximum Gasteiger partial charge on any atom is 0.239 e. The van der Waals surface area contributed by atoms with Crippen LogP contribution < -0.4 is 11.1 Å². The van der Waals surface area contributed by atoms with Crippen molar-refractivity contribution < 1.29 is 19.0 Å². The van der Waals surface area contributed by atoms with Crippen LogP contribution in [0.1, 0.15) is 26.7 Å². The van der Waals surface area contributed by atoms with Crippen LogP contribution >= 0.6 is 0 Å². The number of carbonyl (C=O) groups is 1. The molecule has 0 fully saturated rings. The van der Waals surface area contributed by atoms with E-state index in [1.54, 1.807) is 14.0 Å². The predicted octanol–water partition coefficient (Wildman–Crippen LogP) is 0.300. The van der Waals surface area contributed by atoms with E-state index in [4.69, 9.17) is 19.9 Å². The quantitative estimate of drug-likeness (QED) is 0.473. The average molecular weight is 276 g/mol. The molecule has 1 amide bonds. The zero-order chi connectivity index (χ0) is 14.6. The fraction of sp³-hybridized carbons (Fsp3) is 0.923. The number of methoxy groups -OCH3 is 1. The molecule has 0 saturated heterocycles. The molecule has 19 heavy (non-hydrogen) atoms. The van der Waals surface area contributed by atoms with Gasteiger partial charge in [-0.15, -0.1) is 0 Å². The van der Waals surface area contributed by atoms with Crippen molar-refractivity contribution in [3.63, 3.8) is 0 Å². The normalized spacial score (nSPS) is 14.3. The third kappa shape index (κ3) is 8.93. The van der Waals surface area contributed by atoms with E-state index in [0.29, 0.717) is 26.4 Å². The second-order valence-corrected chi connectivity index (χ2v) is 4.63. The van der Waals surface area contributed by atoms with E-state index in [1.165, 1.54) is 0 Å². The standard InChI is InChI=1S/C13H28N2O4/c1-4-6-15-13(2,12(14)16)11-19-10-9-18-8-5-7-17-3/h15H,4-11H2,1-3H3,(H2,14,16). The molecule has 0 aromatic rings. The third-order valence-electron chi connectivity index (χ3n) is 2.71. The number of hydrogen-bond acceptors (Lipinski definition) is 5. The molecule has 0 aromatic heterocycles. The van der Waals surface area contributed by atoms with Gasteiger partial charge in [0.15, 0.2) is 0 Å². The number of hydrogen-bond donors (Lipinski definition) is 2. The van der Waals surface area contributed by atoms with E-state index in [2.05, 4.69) is 5.32 Å². The summed E-state index contributed by atoms with van der Waals surface area (Å²) < 4.78 is 15.7. The minimum atomic E-state index is -0.813. The first-order chi connectivity index (χ1) is 9.06. The first kappa shape index (κ1) is 18.3. The van der Waals surface area contributed by atoms with Crippen LogP contribution in [0.25, 0.3) is 0 Å². The van der Waals surface area contributed by atoms with E-state index >= 15 is 0 Å². The molecule has 6 nitrogen and oxygen atoms in total. The molecule has 0 radical (unpaired) electrons. The van der Waals surface area contributed by atoms with Crippen molar-refractivity contribution in [2.24, 2.45) is 5.73 Å². The lowest BCUT2D eigenvalue weighted by atomic mass is 10.0. The summed E-state index contributed by atoms with van der Waals surface area (Å²) in [5, 5.41) is 3.11. The Balaban J connectivity index is 3.67. The molecule has 0 aliphatic heterocycles. The summed E-state index contributed by atoms with van der Waals surface area (Å²) in [6, 6.07) is 0. The molecule has 6 heteroatoms. The highest BCUT2D eigenvalue weighted by molar-refractivity contribution is 5.84. The van der Waals surface area contributed by atoms with Crippen LogP contribution in [-0.4, -0.2) is 58.1 Å². The molecule has 0 saturated carbocycles. The highest BCUT2D eigenvalue weighted by Gasteiger charge is 2.30. The molecule has 0 aliphatic carbocycles. The molecule has 0 rings (SSSR count). The number of carbonyl (C=O) groups excluding carboxylic acids is 1. The Morgan fingerprint density at radius 3 is 2.47 bits per heavy atom. The number of ether oxygens (including phenoxy) is 3. The number of rotatable bonds is 13. The third-order valence-corrected chi connectivity index (χ3v) is 2.71. The molecule has 0 aromatic carbocycles. The van der Waals surface area contributed by atoms with Crippen LogP contribution in [0.3, 0.4) is 0 Å². The van der Waals surface area contributed by atoms with Crippen LogP contribution in [0.4, 0.5) is 0 Å². The smallest absolute Gasteiger partial charge is 0.239 e. The summed E-state index contributed by atoms with van der Waals surface area (Å²) in [6.45, 7) is 7.07. The Morgan fingerprint density at radius 2 is 1.89 bits per heavy atom. The fourth-order valence-corrected chi connectivity index (χ4v) is 1.41. The van der Waals surface area contributed by atoms with Crippen LogP contribution in [0.2, 0.25) is 0 Å². The second-order valence-electron chi connectivity index (χ2n) is 4.63. The van der Waals surface area contributed by atoms with Crippen molar-refractivity contribution in [2.75, 3.05) is 46.7 Å². The fourth-order valence-electron chi connectivity index (χ4n) is 1.41. The number of nitrogens with two attached hydrogens (primary N) is 1. The van der Waals surface area contributed by atoms with Crippen LogP contribution in [0.5, 0.6) is 0 Å². The zero-order valence-electron chi connectivity index (χ0n) is 12.4. The SMILES string of the molecule is CCCNC(C)(COCCOCCCOC)C(N)=O. The van der Waals surface area contributed by atoms with Gasteiger partial charge in [-0.2, -0.15) is 0 Å². The van der Waals surface area contributed by atoms with Crippen molar-refractivity contribution in [3.05, 3.63) is 0 Å². The summed E-state index contributed by atoms with van der Waals surface area (Å²) in [5.74, 6) is -0.401. The number of primary amides is 1. The molecular formula is C13H28N2O4. The zero-order valence-corrected chi connectivity index (χ0v) is 12.4. The van der Waals surface area contributed by atoms with Crippen LogP contribution in [0, 0.1) is 0 Å². The van der Waals surface area contributed by atoms with Crippen molar-refractivity contribution in [2.45, 2.75) is 32.2 Å². The van der Waals surface area contributed by atoms with Gasteiger partial charge in [0.1, 0.15) is 5.54 Å². The summed E-state index contributed by atoms with van der Waals surface area (Å²) in [4.78, 5) is 11.4. The van der Waals surface area contributed by atoms with Crippen molar-refractivity contribution in [1.82, 2.24) is 5.32 Å². The van der Waals surface area contributed by atoms with Crippen LogP contribution in [0.15, 0.2) is 0 Å². The Labute approximate surface area is 116 Å². The van der Waals surface area contributed by atoms with Gasteiger partial charge < -0.3 is 25.3 Å². The van der Waals surface area contributed by atoms with E-state index in [-0.39, 0.29) is 6.61 Å². The molecule has 0 bridgehead atoms. The van der Waals surface area contributed by atoms with Gasteiger partial charge in [0.25, 0.3) is 0 Å². The topological polar surface area (TPSA) is 82.8 Å². The maximum atomic E-state index is 11.4. The first-order valence-electron chi connectivity index (χ1n) is 6.76. The van der Waals surface area contributed by atoms with Gasteiger partial charge in [0.2, 0.25) is 5.91 Å². The summed E-state index contributed by atoms with van der Waals surface area (Å²) in [7, 11) is 1.66. The largest absolute Gasteiger partial charge is 0.385 e. The molecule has 1 atom stereocenters. The van der Waals surface area contributed by atoms with Gasteiger partial charge >= 0.3 is 0 Å². The monoisotopic (exact) mass is 276 g/mol. The van der Waals surface area contributed by atoms with Gasteiger partial charge in [-0.05, 0) is 26.3 Å². The van der Waals surface area contributed by atoms with Gasteiger partial charge in [-0.3, -0.25) is 4.79 Å². The molecular weight excluding hydrogens is 248 g/mol. The molecule has 1 unspecified atom stereocenters. The summed E-state index contributed by atoms with van der Waals surface area (Å²) in [5.41, 5.74) is 4.57. The Kier molecular flexibility index (Phi) is 10.8. The Bertz CT molecular complexity index is 239. The van der Waals surface area contributed by atoms with E-state index in [9.17, 15) is 4.79 Å². The van der Waals surface area contributed by atoms with Crippen molar-refractivity contribution in [1.29, 1.82) is 0 Å². The Hall–Kier alpha value is -0.690. The Morgan fingerprint density at radius 1 is 1.21 bits per heavy atom. The lowest BCUT2D eigenvalue weighted by molar-refractivity contribution is -0.126. The van der Waals surface area contributed by atoms with Crippen molar-refractivity contribution in [3.8, 4) is 0 Å². The molecule has 3 N–H and O–H groups in total. The lowest BCUT2D eigenvalue weighted by Crippen LogP contribution is -2.56.